The number of benzene rings is 2. The number of hydrogen-bond donors (Lipinski definition) is 3. The third-order valence-corrected chi connectivity index (χ3v) is 11.9. The molecule has 3 saturated carbocycles. The van der Waals surface area contributed by atoms with Gasteiger partial charge in [0.1, 0.15) is 17.5 Å². The van der Waals surface area contributed by atoms with Crippen molar-refractivity contribution >= 4 is 46.0 Å². The Morgan fingerprint density at radius 2 is 1.64 bits per heavy atom. The number of carbonyl (C=O) groups excluding carboxylic acids is 5. The lowest BCUT2D eigenvalue weighted by molar-refractivity contribution is -0.165. The van der Waals surface area contributed by atoms with Gasteiger partial charge in [0.05, 0.1) is 57.2 Å². The fourth-order valence-electron chi connectivity index (χ4n) is 9.31. The van der Waals surface area contributed by atoms with Gasteiger partial charge in [-0.05, 0) is 78.8 Å². The van der Waals surface area contributed by atoms with Crippen LogP contribution in [0.15, 0.2) is 59.8 Å². The standard InChI is InChI=1S/C43H46N6O10/c1-48-21-30(26-9-11-44-20-29(26)39(48)53)25-17-33(56-2)28(34(18-25)57-3)19-42-22-43(23-42,24-42)47-36(51)10-13-58-15-16-59-14-12-45-31-6-4-5-27-37(31)41(55)49(40(27)54)32-7-8-35(50)46-38(32)52/h4-6,9,11,17-18,20-21,32,45H,7-8,10,12-16,19,22-24H2,1-3H3,(H,47,51)(H,46,50,52). The topological polar surface area (TPSA) is 196 Å². The van der Waals surface area contributed by atoms with Crippen LogP contribution in [-0.2, 0) is 37.3 Å². The number of nitrogens with one attached hydrogen (secondary N) is 3. The number of piperidine rings is 1. The molecule has 2 aromatic carbocycles. The molecule has 4 heterocycles. The first-order chi connectivity index (χ1) is 28.4. The summed E-state index contributed by atoms with van der Waals surface area (Å²) in [6.07, 6.45) is 8.82. The van der Waals surface area contributed by atoms with Crippen molar-refractivity contribution in [3.8, 4) is 22.6 Å². The second kappa shape index (κ2) is 15.9. The molecule has 9 rings (SSSR count). The summed E-state index contributed by atoms with van der Waals surface area (Å²) in [6.45, 7) is 1.50. The van der Waals surface area contributed by atoms with E-state index in [1.807, 2.05) is 24.4 Å². The number of ether oxygens (including phenoxy) is 4. The predicted octanol–water partition coefficient (Wildman–Crippen LogP) is 3.14. The number of imide groups is 2. The van der Waals surface area contributed by atoms with E-state index in [1.54, 1.807) is 56.4 Å². The van der Waals surface area contributed by atoms with Crippen LogP contribution in [0, 0.1) is 5.41 Å². The van der Waals surface area contributed by atoms with Gasteiger partial charge in [-0.25, -0.2) is 0 Å². The van der Waals surface area contributed by atoms with Crippen molar-refractivity contribution in [1.82, 2.24) is 25.1 Å². The van der Waals surface area contributed by atoms with E-state index in [2.05, 4.69) is 20.9 Å². The molecular formula is C43H46N6O10. The molecule has 3 N–H and O–H groups in total. The first kappa shape index (κ1) is 39.7. The number of rotatable bonds is 17. The number of carbonyl (C=O) groups is 5. The summed E-state index contributed by atoms with van der Waals surface area (Å²) >= 11 is 0. The molecular weight excluding hydrogens is 761 g/mol. The minimum Gasteiger partial charge on any atom is -0.496 e. The molecule has 5 aliphatic rings. The van der Waals surface area contributed by atoms with Gasteiger partial charge in [0.2, 0.25) is 17.7 Å². The Hall–Kier alpha value is -6.13. The number of aromatic nitrogens is 2. The summed E-state index contributed by atoms with van der Waals surface area (Å²) in [5, 5.41) is 9.91. The van der Waals surface area contributed by atoms with Gasteiger partial charge < -0.3 is 34.1 Å². The highest BCUT2D eigenvalue weighted by atomic mass is 16.5. The molecule has 2 aromatic heterocycles. The molecule has 5 amide bonds. The highest BCUT2D eigenvalue weighted by Crippen LogP contribution is 2.69. The van der Waals surface area contributed by atoms with Crippen molar-refractivity contribution in [2.75, 3.05) is 52.5 Å². The van der Waals surface area contributed by atoms with Crippen molar-refractivity contribution in [2.24, 2.45) is 12.5 Å². The maximum Gasteiger partial charge on any atom is 0.264 e. The lowest BCUT2D eigenvalue weighted by Crippen LogP contribution is -2.75. The predicted molar refractivity (Wildman–Crippen MR) is 214 cm³/mol. The molecule has 2 aliphatic heterocycles. The number of nitrogens with zero attached hydrogens (tertiary/aromatic N) is 3. The molecule has 308 valence electrons. The van der Waals surface area contributed by atoms with E-state index in [4.69, 9.17) is 18.9 Å². The summed E-state index contributed by atoms with van der Waals surface area (Å²) < 4.78 is 24.7. The smallest absolute Gasteiger partial charge is 0.264 e. The van der Waals surface area contributed by atoms with E-state index in [-0.39, 0.29) is 59.4 Å². The quantitative estimate of drug-likeness (QED) is 0.104. The molecule has 0 radical (unpaired) electrons. The number of hydrogen-bond acceptors (Lipinski definition) is 12. The Bertz CT molecular complexity index is 2400. The second-order valence-corrected chi connectivity index (χ2v) is 15.9. The third kappa shape index (κ3) is 7.42. The number of aryl methyl sites for hydroxylation is 1. The summed E-state index contributed by atoms with van der Waals surface area (Å²) in [4.78, 5) is 80.9. The van der Waals surface area contributed by atoms with Gasteiger partial charge in [0, 0.05) is 67.4 Å². The number of amides is 5. The Morgan fingerprint density at radius 1 is 0.915 bits per heavy atom. The number of pyridine rings is 2. The molecule has 1 atom stereocenters. The van der Waals surface area contributed by atoms with Gasteiger partial charge in [-0.15, -0.1) is 0 Å². The van der Waals surface area contributed by atoms with Crippen LogP contribution in [0.5, 0.6) is 11.5 Å². The zero-order valence-corrected chi connectivity index (χ0v) is 33.2. The fraction of sp³-hybridized carbons (Fsp3) is 0.419. The van der Waals surface area contributed by atoms with E-state index in [0.29, 0.717) is 48.9 Å². The molecule has 0 spiro atoms. The minimum absolute atomic E-state index is 0.0516. The Morgan fingerprint density at radius 3 is 2.36 bits per heavy atom. The summed E-state index contributed by atoms with van der Waals surface area (Å²) in [6, 6.07) is 9.68. The highest BCUT2D eigenvalue weighted by Gasteiger charge is 2.68. The maximum absolute atomic E-state index is 13.3. The third-order valence-electron chi connectivity index (χ3n) is 11.9. The zero-order chi connectivity index (χ0) is 41.5. The monoisotopic (exact) mass is 806 g/mol. The number of methoxy groups -OCH3 is 2. The molecule has 4 fully saturated rings. The molecule has 16 nitrogen and oxygen atoms in total. The average Bonchev–Trinajstić information content (AvgIpc) is 3.46. The summed E-state index contributed by atoms with van der Waals surface area (Å²) in [5.41, 5.74) is 3.31. The van der Waals surface area contributed by atoms with Crippen molar-refractivity contribution < 1.29 is 42.9 Å². The number of fused-ring (bicyclic) bond motifs is 2. The van der Waals surface area contributed by atoms with Crippen LogP contribution in [0.2, 0.25) is 0 Å². The first-order valence-electron chi connectivity index (χ1n) is 19.7. The molecule has 59 heavy (non-hydrogen) atoms. The van der Waals surface area contributed by atoms with Gasteiger partial charge in [0.15, 0.2) is 0 Å². The Kier molecular flexibility index (Phi) is 10.7. The first-order valence-corrected chi connectivity index (χ1v) is 19.7. The SMILES string of the molecule is COc1cc(-c2cn(C)c(=O)c3cnccc23)cc(OC)c1CC12CC(NC(=O)CCOCCOCCNc3cccc4c3C(=O)N(C3CCC(=O)NC3=O)C4=O)(C1)C2. The summed E-state index contributed by atoms with van der Waals surface area (Å²) in [5.74, 6) is -0.853. The maximum atomic E-state index is 13.3. The molecule has 16 heteroatoms. The molecule has 3 aliphatic carbocycles. The largest absolute Gasteiger partial charge is 0.496 e. The fourth-order valence-corrected chi connectivity index (χ4v) is 9.31. The van der Waals surface area contributed by atoms with Crippen LogP contribution < -0.4 is 31.0 Å². The average molecular weight is 807 g/mol. The molecule has 4 aromatic rings. The van der Waals surface area contributed by atoms with Gasteiger partial charge in [-0.3, -0.25) is 44.0 Å². The lowest BCUT2D eigenvalue weighted by atomic mass is 9.38. The zero-order valence-electron chi connectivity index (χ0n) is 33.2. The molecule has 2 bridgehead atoms. The van der Waals surface area contributed by atoms with E-state index < -0.39 is 29.7 Å². The van der Waals surface area contributed by atoms with E-state index in [0.717, 1.165) is 52.7 Å². The van der Waals surface area contributed by atoms with Crippen molar-refractivity contribution in [1.29, 1.82) is 0 Å². The van der Waals surface area contributed by atoms with Gasteiger partial charge in [0.25, 0.3) is 17.4 Å². The van der Waals surface area contributed by atoms with Gasteiger partial charge in [-0.2, -0.15) is 0 Å². The lowest BCUT2D eigenvalue weighted by Gasteiger charge is -2.71. The minimum atomic E-state index is -1.03. The number of anilines is 1. The second-order valence-electron chi connectivity index (χ2n) is 15.9. The van der Waals surface area contributed by atoms with Crippen molar-refractivity contribution in [2.45, 2.75) is 56.5 Å². The van der Waals surface area contributed by atoms with Crippen molar-refractivity contribution in [3.05, 3.63) is 82.0 Å². The Balaban J connectivity index is 0.752. The van der Waals surface area contributed by atoms with Crippen LogP contribution in [0.4, 0.5) is 5.69 Å². The van der Waals surface area contributed by atoms with E-state index in [9.17, 15) is 28.8 Å². The summed E-state index contributed by atoms with van der Waals surface area (Å²) in [7, 11) is 5.02. The van der Waals surface area contributed by atoms with Crippen LogP contribution in [0.25, 0.3) is 21.9 Å². The van der Waals surface area contributed by atoms with Crippen LogP contribution in [0.3, 0.4) is 0 Å². The normalized spacial score (nSPS) is 21.7. The van der Waals surface area contributed by atoms with E-state index >= 15 is 0 Å². The Labute approximate surface area is 339 Å². The molecule has 1 unspecified atom stereocenters. The van der Waals surface area contributed by atoms with E-state index in [1.165, 1.54) is 0 Å². The van der Waals surface area contributed by atoms with Gasteiger partial charge in [-0.1, -0.05) is 6.07 Å². The van der Waals surface area contributed by atoms with Crippen molar-refractivity contribution in [3.63, 3.8) is 0 Å². The molecule has 1 saturated heterocycles. The van der Waals surface area contributed by atoms with Crippen LogP contribution >= 0.6 is 0 Å². The van der Waals surface area contributed by atoms with Gasteiger partial charge >= 0.3 is 0 Å². The highest BCUT2D eigenvalue weighted by molar-refractivity contribution is 6.25. The van der Waals surface area contributed by atoms with Crippen LogP contribution in [0.1, 0.15) is 64.8 Å². The van der Waals surface area contributed by atoms with Crippen LogP contribution in [-0.4, -0.2) is 103 Å².